The molecule has 1 fully saturated rings. The fraction of sp³-hybridized carbons (Fsp3) is 0.300. The molecule has 0 atom stereocenters. The maximum atomic E-state index is 13.1. The minimum Gasteiger partial charge on any atom is -0.349 e. The first-order valence-electron chi connectivity index (χ1n) is 4.43. The monoisotopic (exact) mass is 257 g/mol. The number of carbonyl (C=O) groups is 1. The fourth-order valence-electron chi connectivity index (χ4n) is 1.13. The molecule has 0 radical (unpaired) electrons. The standard InChI is InChI=1S/C10H9BrFNO/c11-8-4-1-6(5-9(8)12)10(14)13-7-2-3-7/h1,4-5,7H,2-3H2,(H,13,14). The van der Waals surface area contributed by atoms with Gasteiger partial charge in [-0.15, -0.1) is 0 Å². The normalized spacial score (nSPS) is 15.3. The molecule has 14 heavy (non-hydrogen) atoms. The van der Waals surface area contributed by atoms with E-state index in [4.69, 9.17) is 0 Å². The van der Waals surface area contributed by atoms with Gasteiger partial charge in [0.25, 0.3) is 5.91 Å². The van der Waals surface area contributed by atoms with Gasteiger partial charge in [-0.05, 0) is 47.0 Å². The highest BCUT2D eigenvalue weighted by Gasteiger charge is 2.23. The van der Waals surface area contributed by atoms with Crippen molar-refractivity contribution < 1.29 is 9.18 Å². The van der Waals surface area contributed by atoms with E-state index in [1.54, 1.807) is 6.07 Å². The zero-order chi connectivity index (χ0) is 10.1. The number of carbonyl (C=O) groups excluding carboxylic acids is 1. The van der Waals surface area contributed by atoms with Gasteiger partial charge in [-0.2, -0.15) is 0 Å². The quantitative estimate of drug-likeness (QED) is 0.867. The van der Waals surface area contributed by atoms with Crippen LogP contribution in [0.1, 0.15) is 23.2 Å². The van der Waals surface area contributed by atoms with Crippen molar-refractivity contribution in [2.75, 3.05) is 0 Å². The van der Waals surface area contributed by atoms with E-state index < -0.39 is 5.82 Å². The Morgan fingerprint density at radius 2 is 2.21 bits per heavy atom. The van der Waals surface area contributed by atoms with Crippen LogP contribution in [0.2, 0.25) is 0 Å². The van der Waals surface area contributed by atoms with Crippen LogP contribution in [0, 0.1) is 5.82 Å². The summed E-state index contributed by atoms with van der Waals surface area (Å²) < 4.78 is 13.4. The molecule has 0 spiro atoms. The first-order valence-corrected chi connectivity index (χ1v) is 5.22. The number of benzene rings is 1. The summed E-state index contributed by atoms with van der Waals surface area (Å²) in [4.78, 5) is 11.5. The van der Waals surface area contributed by atoms with Crippen LogP contribution in [-0.2, 0) is 0 Å². The maximum absolute atomic E-state index is 13.1. The predicted octanol–water partition coefficient (Wildman–Crippen LogP) is 2.48. The summed E-state index contributed by atoms with van der Waals surface area (Å²) >= 11 is 3.03. The number of hydrogen-bond donors (Lipinski definition) is 1. The van der Waals surface area contributed by atoms with Crippen LogP contribution >= 0.6 is 15.9 Å². The molecule has 2 nitrogen and oxygen atoms in total. The van der Waals surface area contributed by atoms with Crippen LogP contribution in [0.3, 0.4) is 0 Å². The smallest absolute Gasteiger partial charge is 0.251 e. The Morgan fingerprint density at radius 3 is 2.79 bits per heavy atom. The molecule has 1 N–H and O–H groups in total. The van der Waals surface area contributed by atoms with Gasteiger partial charge in [0.05, 0.1) is 4.47 Å². The van der Waals surface area contributed by atoms with E-state index in [0.29, 0.717) is 16.1 Å². The van der Waals surface area contributed by atoms with Gasteiger partial charge >= 0.3 is 0 Å². The SMILES string of the molecule is O=C(NC1CC1)c1ccc(Br)c(F)c1. The molecule has 74 valence electrons. The summed E-state index contributed by atoms with van der Waals surface area (Å²) in [6.45, 7) is 0. The van der Waals surface area contributed by atoms with Gasteiger partial charge in [-0.25, -0.2) is 4.39 Å². The molecule has 0 heterocycles. The van der Waals surface area contributed by atoms with Crippen molar-refractivity contribution in [3.05, 3.63) is 34.1 Å². The second-order valence-electron chi connectivity index (χ2n) is 3.38. The Bertz CT molecular complexity index is 376. The molecular formula is C10H9BrFNO. The highest BCUT2D eigenvalue weighted by Crippen LogP contribution is 2.20. The number of halogens is 2. The van der Waals surface area contributed by atoms with Gasteiger partial charge in [0.2, 0.25) is 0 Å². The van der Waals surface area contributed by atoms with E-state index in [1.165, 1.54) is 12.1 Å². The zero-order valence-electron chi connectivity index (χ0n) is 7.39. The fourth-order valence-corrected chi connectivity index (χ4v) is 1.38. The van der Waals surface area contributed by atoms with Gasteiger partial charge in [0.15, 0.2) is 0 Å². The molecule has 0 aliphatic heterocycles. The van der Waals surface area contributed by atoms with Crippen LogP contribution in [-0.4, -0.2) is 11.9 Å². The van der Waals surface area contributed by atoms with E-state index in [-0.39, 0.29) is 5.91 Å². The van der Waals surface area contributed by atoms with Gasteiger partial charge in [0.1, 0.15) is 5.82 Å². The van der Waals surface area contributed by atoms with Gasteiger partial charge in [-0.3, -0.25) is 4.79 Å². The zero-order valence-corrected chi connectivity index (χ0v) is 8.97. The van der Waals surface area contributed by atoms with E-state index in [1.807, 2.05) is 0 Å². The highest BCUT2D eigenvalue weighted by atomic mass is 79.9. The van der Waals surface area contributed by atoms with Crippen molar-refractivity contribution in [1.82, 2.24) is 5.32 Å². The van der Waals surface area contributed by atoms with E-state index >= 15 is 0 Å². The number of amides is 1. The molecule has 1 aliphatic carbocycles. The van der Waals surface area contributed by atoms with Crippen LogP contribution in [0.15, 0.2) is 22.7 Å². The second kappa shape index (κ2) is 3.69. The Kier molecular flexibility index (Phi) is 2.54. The Hall–Kier alpha value is -0.900. The average molecular weight is 258 g/mol. The molecule has 0 saturated heterocycles. The first-order chi connectivity index (χ1) is 6.66. The Balaban J connectivity index is 2.14. The minimum atomic E-state index is -0.409. The van der Waals surface area contributed by atoms with Crippen molar-refractivity contribution in [2.45, 2.75) is 18.9 Å². The second-order valence-corrected chi connectivity index (χ2v) is 4.23. The van der Waals surface area contributed by atoms with Crippen LogP contribution < -0.4 is 5.32 Å². The summed E-state index contributed by atoms with van der Waals surface area (Å²) in [5.41, 5.74) is 0.373. The van der Waals surface area contributed by atoms with Crippen LogP contribution in [0.4, 0.5) is 4.39 Å². The Morgan fingerprint density at radius 1 is 1.50 bits per heavy atom. The molecule has 1 aliphatic rings. The molecule has 1 aromatic carbocycles. The largest absolute Gasteiger partial charge is 0.349 e. The molecule has 1 aromatic rings. The number of hydrogen-bond acceptors (Lipinski definition) is 1. The molecule has 2 rings (SSSR count). The minimum absolute atomic E-state index is 0.195. The van der Waals surface area contributed by atoms with Gasteiger partial charge in [0, 0.05) is 11.6 Å². The third-order valence-corrected chi connectivity index (χ3v) is 2.74. The third kappa shape index (κ3) is 2.12. The maximum Gasteiger partial charge on any atom is 0.251 e. The highest BCUT2D eigenvalue weighted by molar-refractivity contribution is 9.10. The molecule has 0 unspecified atom stereocenters. The average Bonchev–Trinajstić information content (AvgIpc) is 2.93. The van der Waals surface area contributed by atoms with Gasteiger partial charge < -0.3 is 5.32 Å². The molecule has 0 bridgehead atoms. The molecule has 0 aromatic heterocycles. The molecule has 1 saturated carbocycles. The summed E-state index contributed by atoms with van der Waals surface area (Å²) in [6, 6.07) is 4.68. The Labute approximate surface area is 89.6 Å². The predicted molar refractivity (Wildman–Crippen MR) is 54.6 cm³/mol. The van der Waals surface area contributed by atoms with Gasteiger partial charge in [-0.1, -0.05) is 0 Å². The lowest BCUT2D eigenvalue weighted by Gasteiger charge is -2.03. The van der Waals surface area contributed by atoms with Crippen molar-refractivity contribution >= 4 is 21.8 Å². The lowest BCUT2D eigenvalue weighted by Crippen LogP contribution is -2.25. The third-order valence-electron chi connectivity index (χ3n) is 2.09. The lowest BCUT2D eigenvalue weighted by molar-refractivity contribution is 0.0950. The summed E-state index contributed by atoms with van der Waals surface area (Å²) in [5.74, 6) is -0.604. The van der Waals surface area contributed by atoms with Crippen LogP contribution in [0.5, 0.6) is 0 Å². The number of rotatable bonds is 2. The van der Waals surface area contributed by atoms with Crippen LogP contribution in [0.25, 0.3) is 0 Å². The lowest BCUT2D eigenvalue weighted by atomic mass is 10.2. The topological polar surface area (TPSA) is 29.1 Å². The van der Waals surface area contributed by atoms with E-state index in [2.05, 4.69) is 21.2 Å². The van der Waals surface area contributed by atoms with Crippen molar-refractivity contribution in [1.29, 1.82) is 0 Å². The summed E-state index contributed by atoms with van der Waals surface area (Å²) in [6.07, 6.45) is 2.06. The van der Waals surface area contributed by atoms with Crippen molar-refractivity contribution in [2.24, 2.45) is 0 Å². The van der Waals surface area contributed by atoms with Crippen molar-refractivity contribution in [3.8, 4) is 0 Å². The molecular weight excluding hydrogens is 249 g/mol. The molecule has 4 heteroatoms. The van der Waals surface area contributed by atoms with Crippen molar-refractivity contribution in [3.63, 3.8) is 0 Å². The number of nitrogens with one attached hydrogen (secondary N) is 1. The van der Waals surface area contributed by atoms with E-state index in [0.717, 1.165) is 12.8 Å². The summed E-state index contributed by atoms with van der Waals surface area (Å²) in [5, 5.41) is 2.80. The first kappa shape index (κ1) is 9.65. The van der Waals surface area contributed by atoms with E-state index in [9.17, 15) is 9.18 Å². The molecule has 1 amide bonds. The summed E-state index contributed by atoms with van der Waals surface area (Å²) in [7, 11) is 0.